The van der Waals surface area contributed by atoms with Gasteiger partial charge in [-0.1, -0.05) is 38.3 Å². The lowest BCUT2D eigenvalue weighted by atomic mass is 9.95. The molecule has 0 saturated heterocycles. The average molecular weight is 579 g/mol. The molecule has 0 bridgehead atoms. The van der Waals surface area contributed by atoms with E-state index in [4.69, 9.17) is 4.74 Å². The van der Waals surface area contributed by atoms with Gasteiger partial charge in [-0.3, -0.25) is 24.0 Å². The van der Waals surface area contributed by atoms with Crippen molar-refractivity contribution in [1.29, 1.82) is 0 Å². The van der Waals surface area contributed by atoms with Crippen LogP contribution in [0.15, 0.2) is 42.5 Å². The number of halogens is 1. The number of carbonyl (C=O) groups excluding carboxylic acids is 2. The number of methoxy groups -OCH3 is 1. The number of carbonyl (C=O) groups is 2. The van der Waals surface area contributed by atoms with Gasteiger partial charge in [-0.15, -0.1) is 0 Å². The maximum absolute atomic E-state index is 13.9. The van der Waals surface area contributed by atoms with Crippen molar-refractivity contribution in [2.75, 3.05) is 24.2 Å². The number of nitrogens with zero attached hydrogens (tertiary/aromatic N) is 3. The molecule has 1 aliphatic rings. The van der Waals surface area contributed by atoms with Crippen LogP contribution in [0.1, 0.15) is 51.0 Å². The zero-order valence-corrected chi connectivity index (χ0v) is 23.7. The molecule has 3 rings (SSSR count). The lowest BCUT2D eigenvalue weighted by Gasteiger charge is -2.34. The van der Waals surface area contributed by atoms with Crippen LogP contribution in [0.4, 0.5) is 15.8 Å². The molecule has 2 amide bonds. The number of nitrogens with one attached hydrogen (secondary N) is 1. The summed E-state index contributed by atoms with van der Waals surface area (Å²) in [5, 5.41) is 14.4. The summed E-state index contributed by atoms with van der Waals surface area (Å²) in [7, 11) is -2.87. The van der Waals surface area contributed by atoms with Gasteiger partial charge in [0.2, 0.25) is 21.8 Å². The predicted octanol–water partition coefficient (Wildman–Crippen LogP) is 3.76. The summed E-state index contributed by atoms with van der Waals surface area (Å²) in [6.07, 6.45) is 5.87. The van der Waals surface area contributed by atoms with Gasteiger partial charge in [0.25, 0.3) is 5.69 Å². The number of nitro groups is 1. The minimum atomic E-state index is -4.14. The Bertz CT molecular complexity index is 1310. The SMILES string of the molecule is CCC(C(=O)NC1CCCCC1)N(Cc1ccc(F)cc1)C(=O)CN(c1cc([N+](=O)[O-])ccc1OC)S(C)(=O)=O. The second-order valence-corrected chi connectivity index (χ2v) is 11.7. The highest BCUT2D eigenvalue weighted by Crippen LogP contribution is 2.34. The van der Waals surface area contributed by atoms with Gasteiger partial charge in [-0.05, 0) is 43.0 Å². The maximum atomic E-state index is 13.9. The molecular weight excluding hydrogens is 543 g/mol. The van der Waals surface area contributed by atoms with Crippen LogP contribution in [0.2, 0.25) is 0 Å². The monoisotopic (exact) mass is 578 g/mol. The Hall–Kier alpha value is -3.74. The first-order valence-electron chi connectivity index (χ1n) is 13.1. The van der Waals surface area contributed by atoms with Gasteiger partial charge >= 0.3 is 0 Å². The summed E-state index contributed by atoms with van der Waals surface area (Å²) in [6.45, 7) is 0.915. The van der Waals surface area contributed by atoms with Crippen molar-refractivity contribution in [3.63, 3.8) is 0 Å². The minimum absolute atomic E-state index is 0.0102. The van der Waals surface area contributed by atoms with E-state index in [-0.39, 0.29) is 36.4 Å². The van der Waals surface area contributed by atoms with Gasteiger partial charge < -0.3 is 15.0 Å². The van der Waals surface area contributed by atoms with Crippen molar-refractivity contribution in [3.05, 3.63) is 64.0 Å². The van der Waals surface area contributed by atoms with Gasteiger partial charge in [-0.25, -0.2) is 12.8 Å². The Morgan fingerprint density at radius 1 is 1.15 bits per heavy atom. The molecule has 1 aliphatic carbocycles. The van der Waals surface area contributed by atoms with Crippen LogP contribution in [0.3, 0.4) is 0 Å². The Labute approximate surface area is 233 Å². The molecule has 40 heavy (non-hydrogen) atoms. The lowest BCUT2D eigenvalue weighted by Crippen LogP contribution is -2.54. The van der Waals surface area contributed by atoms with Gasteiger partial charge in [0.1, 0.15) is 29.8 Å². The van der Waals surface area contributed by atoms with E-state index in [1.54, 1.807) is 6.92 Å². The van der Waals surface area contributed by atoms with Crippen molar-refractivity contribution in [2.24, 2.45) is 0 Å². The molecule has 2 aromatic rings. The van der Waals surface area contributed by atoms with Crippen LogP contribution in [-0.4, -0.2) is 62.0 Å². The third-order valence-electron chi connectivity index (χ3n) is 6.92. The summed E-state index contributed by atoms with van der Waals surface area (Å²) >= 11 is 0. The molecule has 0 heterocycles. The molecule has 2 aromatic carbocycles. The van der Waals surface area contributed by atoms with Crippen LogP contribution in [-0.2, 0) is 26.2 Å². The van der Waals surface area contributed by atoms with Gasteiger partial charge in [-0.2, -0.15) is 0 Å². The zero-order chi connectivity index (χ0) is 29.4. The number of nitro benzene ring substituents is 1. The molecule has 1 saturated carbocycles. The highest BCUT2D eigenvalue weighted by Gasteiger charge is 2.34. The van der Waals surface area contributed by atoms with E-state index < -0.39 is 44.9 Å². The maximum Gasteiger partial charge on any atom is 0.271 e. The van der Waals surface area contributed by atoms with E-state index in [9.17, 15) is 32.5 Å². The van der Waals surface area contributed by atoms with Crippen LogP contribution in [0.5, 0.6) is 5.75 Å². The van der Waals surface area contributed by atoms with E-state index in [2.05, 4.69) is 5.32 Å². The molecule has 0 spiro atoms. The third kappa shape index (κ3) is 7.90. The largest absolute Gasteiger partial charge is 0.495 e. The minimum Gasteiger partial charge on any atom is -0.495 e. The predicted molar refractivity (Wildman–Crippen MR) is 148 cm³/mol. The number of hydrogen-bond donors (Lipinski definition) is 1. The Morgan fingerprint density at radius 2 is 1.80 bits per heavy atom. The molecule has 1 atom stereocenters. The summed E-state index contributed by atoms with van der Waals surface area (Å²) in [4.78, 5) is 39.3. The van der Waals surface area contributed by atoms with E-state index >= 15 is 0 Å². The summed E-state index contributed by atoms with van der Waals surface area (Å²) in [6, 6.07) is 7.92. The van der Waals surface area contributed by atoms with Crippen molar-refractivity contribution in [3.8, 4) is 5.75 Å². The third-order valence-corrected chi connectivity index (χ3v) is 8.05. The number of sulfonamides is 1. The van der Waals surface area contributed by atoms with Gasteiger partial charge in [0, 0.05) is 24.7 Å². The molecule has 0 radical (unpaired) electrons. The number of hydrogen-bond acceptors (Lipinski definition) is 7. The van der Waals surface area contributed by atoms with E-state index in [0.717, 1.165) is 54.8 Å². The normalized spacial score (nSPS) is 14.7. The number of rotatable bonds is 12. The molecule has 1 N–H and O–H groups in total. The van der Waals surface area contributed by atoms with E-state index in [1.165, 1.54) is 42.3 Å². The van der Waals surface area contributed by atoms with Crippen LogP contribution < -0.4 is 14.4 Å². The van der Waals surface area contributed by atoms with E-state index in [1.807, 2.05) is 0 Å². The lowest BCUT2D eigenvalue weighted by molar-refractivity contribution is -0.384. The first-order valence-corrected chi connectivity index (χ1v) is 14.9. The average Bonchev–Trinajstić information content (AvgIpc) is 2.92. The second-order valence-electron chi connectivity index (χ2n) is 9.80. The van der Waals surface area contributed by atoms with Crippen molar-refractivity contribution in [1.82, 2.24) is 10.2 Å². The van der Waals surface area contributed by atoms with Gasteiger partial charge in [0.05, 0.1) is 18.3 Å². The summed E-state index contributed by atoms with van der Waals surface area (Å²) in [5.74, 6) is -1.53. The fraction of sp³-hybridized carbons (Fsp3) is 0.481. The zero-order valence-electron chi connectivity index (χ0n) is 22.8. The molecule has 11 nitrogen and oxygen atoms in total. The molecule has 1 fully saturated rings. The smallest absolute Gasteiger partial charge is 0.271 e. The van der Waals surface area contributed by atoms with Crippen molar-refractivity contribution < 1.29 is 32.1 Å². The molecule has 0 aromatic heterocycles. The molecule has 13 heteroatoms. The first-order chi connectivity index (χ1) is 18.9. The number of anilines is 1. The van der Waals surface area contributed by atoms with Gasteiger partial charge in [0.15, 0.2) is 0 Å². The Balaban J connectivity index is 1.99. The summed E-state index contributed by atoms with van der Waals surface area (Å²) in [5.41, 5.74) is -0.0372. The molecule has 1 unspecified atom stereocenters. The van der Waals surface area contributed by atoms with Crippen molar-refractivity contribution >= 4 is 33.2 Å². The molecule has 218 valence electrons. The van der Waals surface area contributed by atoms with Crippen LogP contribution in [0.25, 0.3) is 0 Å². The first kappa shape index (κ1) is 30.8. The fourth-order valence-electron chi connectivity index (χ4n) is 4.83. The highest BCUT2D eigenvalue weighted by atomic mass is 32.2. The Morgan fingerprint density at radius 3 is 2.35 bits per heavy atom. The fourth-order valence-corrected chi connectivity index (χ4v) is 5.68. The van der Waals surface area contributed by atoms with Crippen LogP contribution in [0, 0.1) is 15.9 Å². The topological polar surface area (TPSA) is 139 Å². The van der Waals surface area contributed by atoms with Crippen LogP contribution >= 0.6 is 0 Å². The standard InChI is InChI=1S/C27H35FN4O7S/c1-4-23(27(34)29-21-8-6-5-7-9-21)30(17-19-10-12-20(28)13-11-19)26(33)18-31(40(3,37)38)24-16-22(32(35)36)14-15-25(24)39-2/h10-16,21,23H,4-9,17-18H2,1-3H3,(H,29,34). The van der Waals surface area contributed by atoms with Crippen molar-refractivity contribution in [2.45, 2.75) is 64.1 Å². The quantitative estimate of drug-likeness (QED) is 0.299. The molecular formula is C27H35FN4O7S. The number of amides is 2. The highest BCUT2D eigenvalue weighted by molar-refractivity contribution is 7.92. The van der Waals surface area contributed by atoms with E-state index in [0.29, 0.717) is 5.56 Å². The second kappa shape index (κ2) is 13.6. The number of non-ortho nitro benzene ring substituents is 1. The number of ether oxygens (including phenoxy) is 1. The summed E-state index contributed by atoms with van der Waals surface area (Å²) < 4.78 is 45.3. The molecule has 0 aliphatic heterocycles. The number of benzene rings is 2. The Kier molecular flexibility index (Phi) is 10.4.